The van der Waals surface area contributed by atoms with Crippen molar-refractivity contribution in [3.05, 3.63) is 58.7 Å². The van der Waals surface area contributed by atoms with Crippen molar-refractivity contribution >= 4 is 6.16 Å². The number of carbonyl (C=O) groups is 1. The van der Waals surface area contributed by atoms with Crippen molar-refractivity contribution in [3.63, 3.8) is 0 Å². The SMILES string of the molecule is CC(C)(C)c1cccc(OC(=O)Oc2cccc(C(C)(C)C)c2C(C)(C)C)c1C(C)(C)C. The van der Waals surface area contributed by atoms with Crippen LogP contribution in [0.1, 0.15) is 105 Å². The largest absolute Gasteiger partial charge is 0.519 e. The second kappa shape index (κ2) is 8.57. The summed E-state index contributed by atoms with van der Waals surface area (Å²) >= 11 is 0. The molecule has 0 saturated heterocycles. The molecule has 0 heterocycles. The number of benzene rings is 2. The van der Waals surface area contributed by atoms with E-state index in [1.54, 1.807) is 0 Å². The fourth-order valence-electron chi connectivity index (χ4n) is 4.23. The molecule has 0 fully saturated rings. The third-order valence-electron chi connectivity index (χ3n) is 5.56. The maximum atomic E-state index is 13.0. The van der Waals surface area contributed by atoms with Crippen LogP contribution in [0, 0.1) is 0 Å². The molecule has 0 spiro atoms. The van der Waals surface area contributed by atoms with Gasteiger partial charge in [-0.25, -0.2) is 4.79 Å². The lowest BCUT2D eigenvalue weighted by Gasteiger charge is -2.32. The van der Waals surface area contributed by atoms with E-state index in [-0.39, 0.29) is 21.7 Å². The van der Waals surface area contributed by atoms with Crippen LogP contribution in [0.3, 0.4) is 0 Å². The predicted octanol–water partition coefficient (Wildman–Crippen LogP) is 8.45. The van der Waals surface area contributed by atoms with Crippen LogP contribution in [0.2, 0.25) is 0 Å². The van der Waals surface area contributed by atoms with Crippen LogP contribution >= 0.6 is 0 Å². The van der Waals surface area contributed by atoms with E-state index >= 15 is 0 Å². The smallest absolute Gasteiger partial charge is 0.394 e. The van der Waals surface area contributed by atoms with E-state index in [1.165, 1.54) is 11.1 Å². The zero-order valence-corrected chi connectivity index (χ0v) is 22.2. The third-order valence-corrected chi connectivity index (χ3v) is 5.56. The van der Waals surface area contributed by atoms with Crippen molar-refractivity contribution in [1.82, 2.24) is 0 Å². The highest BCUT2D eigenvalue weighted by Gasteiger charge is 2.31. The Balaban J connectivity index is 2.50. The summed E-state index contributed by atoms with van der Waals surface area (Å²) in [5, 5.41) is 0. The van der Waals surface area contributed by atoms with Gasteiger partial charge in [0.05, 0.1) is 0 Å². The van der Waals surface area contributed by atoms with E-state index in [1.807, 2.05) is 24.3 Å². The molecule has 0 radical (unpaired) electrons. The highest BCUT2D eigenvalue weighted by atomic mass is 16.7. The molecule has 0 aliphatic heterocycles. The molecule has 0 atom stereocenters. The van der Waals surface area contributed by atoms with Crippen LogP contribution in [0.5, 0.6) is 11.5 Å². The molecular weight excluding hydrogens is 396 g/mol. The summed E-state index contributed by atoms with van der Waals surface area (Å²) in [6.45, 7) is 25.9. The maximum absolute atomic E-state index is 13.0. The fraction of sp³-hybridized carbons (Fsp3) is 0.552. The van der Waals surface area contributed by atoms with Crippen LogP contribution in [-0.4, -0.2) is 6.16 Å². The molecule has 0 aliphatic rings. The van der Waals surface area contributed by atoms with E-state index in [4.69, 9.17) is 9.47 Å². The Bertz CT molecular complexity index is 892. The molecule has 0 N–H and O–H groups in total. The zero-order valence-electron chi connectivity index (χ0n) is 22.2. The van der Waals surface area contributed by atoms with Gasteiger partial charge in [0, 0.05) is 11.1 Å². The Kier molecular flexibility index (Phi) is 6.96. The van der Waals surface area contributed by atoms with Crippen LogP contribution in [0.4, 0.5) is 4.79 Å². The first-order valence-electron chi connectivity index (χ1n) is 11.5. The molecular formula is C29H42O3. The molecule has 176 valence electrons. The topological polar surface area (TPSA) is 35.5 Å². The molecule has 3 nitrogen and oxygen atoms in total. The first-order valence-corrected chi connectivity index (χ1v) is 11.5. The summed E-state index contributed by atoms with van der Waals surface area (Å²) in [6.07, 6.45) is -0.710. The Hall–Kier alpha value is -2.29. The highest BCUT2D eigenvalue weighted by molar-refractivity contribution is 5.70. The normalized spacial score (nSPS) is 13.1. The van der Waals surface area contributed by atoms with Gasteiger partial charge in [0.2, 0.25) is 0 Å². The molecule has 2 rings (SSSR count). The van der Waals surface area contributed by atoms with E-state index in [0.717, 1.165) is 11.1 Å². The maximum Gasteiger partial charge on any atom is 0.519 e. The average molecular weight is 439 g/mol. The van der Waals surface area contributed by atoms with Crippen molar-refractivity contribution in [2.75, 3.05) is 0 Å². The average Bonchev–Trinajstić information content (AvgIpc) is 2.57. The van der Waals surface area contributed by atoms with Crippen molar-refractivity contribution in [1.29, 1.82) is 0 Å². The van der Waals surface area contributed by atoms with Gasteiger partial charge < -0.3 is 9.47 Å². The minimum absolute atomic E-state index is 0.0771. The lowest BCUT2D eigenvalue weighted by Crippen LogP contribution is -2.26. The summed E-state index contributed by atoms with van der Waals surface area (Å²) in [5.74, 6) is 1.11. The number of rotatable bonds is 2. The van der Waals surface area contributed by atoms with E-state index in [2.05, 4.69) is 95.2 Å². The van der Waals surface area contributed by atoms with Gasteiger partial charge in [-0.3, -0.25) is 0 Å². The number of hydrogen-bond donors (Lipinski definition) is 0. The van der Waals surface area contributed by atoms with Gasteiger partial charge >= 0.3 is 6.16 Å². The van der Waals surface area contributed by atoms with Crippen molar-refractivity contribution in [3.8, 4) is 11.5 Å². The van der Waals surface area contributed by atoms with Crippen LogP contribution in [0.25, 0.3) is 0 Å². The Morgan fingerprint density at radius 1 is 0.531 bits per heavy atom. The lowest BCUT2D eigenvalue weighted by molar-refractivity contribution is 0.150. The van der Waals surface area contributed by atoms with Crippen LogP contribution in [-0.2, 0) is 21.7 Å². The molecule has 3 heteroatoms. The van der Waals surface area contributed by atoms with E-state index < -0.39 is 6.16 Å². The Morgan fingerprint density at radius 3 is 1.09 bits per heavy atom. The summed E-state index contributed by atoms with van der Waals surface area (Å²) < 4.78 is 11.7. The zero-order chi connectivity index (χ0) is 24.7. The fourth-order valence-corrected chi connectivity index (χ4v) is 4.23. The van der Waals surface area contributed by atoms with Gasteiger partial charge in [-0.2, -0.15) is 0 Å². The minimum Gasteiger partial charge on any atom is -0.394 e. The second-order valence-electron chi connectivity index (χ2n) is 12.8. The molecule has 0 saturated carbocycles. The molecule has 0 unspecified atom stereocenters. The lowest BCUT2D eigenvalue weighted by atomic mass is 9.75. The number of hydrogen-bond acceptors (Lipinski definition) is 3. The summed E-state index contributed by atoms with van der Waals surface area (Å²) in [6, 6.07) is 11.8. The van der Waals surface area contributed by atoms with Gasteiger partial charge in [0.1, 0.15) is 11.5 Å². The van der Waals surface area contributed by atoms with Gasteiger partial charge in [0.15, 0.2) is 0 Å². The Morgan fingerprint density at radius 2 is 0.844 bits per heavy atom. The van der Waals surface area contributed by atoms with Crippen LogP contribution < -0.4 is 9.47 Å². The number of carbonyl (C=O) groups excluding carboxylic acids is 1. The molecule has 0 bridgehead atoms. The molecule has 2 aromatic carbocycles. The van der Waals surface area contributed by atoms with Gasteiger partial charge in [0.25, 0.3) is 0 Å². The quantitative estimate of drug-likeness (QED) is 0.348. The molecule has 32 heavy (non-hydrogen) atoms. The first-order chi connectivity index (χ1) is 14.3. The molecule has 0 amide bonds. The minimum atomic E-state index is -0.710. The van der Waals surface area contributed by atoms with E-state index in [0.29, 0.717) is 11.5 Å². The van der Waals surface area contributed by atoms with Crippen molar-refractivity contribution in [2.24, 2.45) is 0 Å². The van der Waals surface area contributed by atoms with Gasteiger partial charge in [-0.1, -0.05) is 107 Å². The summed E-state index contributed by atoms with van der Waals surface area (Å²) in [7, 11) is 0. The van der Waals surface area contributed by atoms with Gasteiger partial charge in [-0.15, -0.1) is 0 Å². The predicted molar refractivity (Wildman–Crippen MR) is 134 cm³/mol. The third kappa shape index (κ3) is 5.94. The summed E-state index contributed by atoms with van der Waals surface area (Å²) in [5.41, 5.74) is 3.86. The van der Waals surface area contributed by atoms with E-state index in [9.17, 15) is 4.79 Å². The van der Waals surface area contributed by atoms with Crippen molar-refractivity contribution in [2.45, 2.75) is 105 Å². The molecule has 0 aromatic heterocycles. The van der Waals surface area contributed by atoms with Gasteiger partial charge in [-0.05, 0) is 44.9 Å². The monoisotopic (exact) mass is 438 g/mol. The standard InChI is InChI=1S/C29H42O3/c1-26(2,3)19-15-13-17-21(23(19)28(7,8)9)31-25(30)32-22-18-14-16-20(27(4,5)6)24(22)29(10,11)12/h13-18H,1-12H3. The Labute approximate surface area is 195 Å². The second-order valence-corrected chi connectivity index (χ2v) is 12.8. The molecule has 2 aromatic rings. The molecule has 0 aliphatic carbocycles. The van der Waals surface area contributed by atoms with Crippen LogP contribution in [0.15, 0.2) is 36.4 Å². The number of ether oxygens (including phenoxy) is 2. The first kappa shape index (κ1) is 26.0. The van der Waals surface area contributed by atoms with Crippen molar-refractivity contribution < 1.29 is 14.3 Å². The summed E-state index contributed by atoms with van der Waals surface area (Å²) in [4.78, 5) is 13.0. The highest BCUT2D eigenvalue weighted by Crippen LogP contribution is 2.42.